The molecule has 0 bridgehead atoms. The Kier molecular flexibility index (Phi) is 5.69. The van der Waals surface area contributed by atoms with Crippen LogP contribution in [0.4, 0.5) is 8.78 Å². The van der Waals surface area contributed by atoms with E-state index in [1.807, 2.05) is 0 Å². The SMILES string of the molecule is O=S(O)(O[S+](c1ccccc1)c1ccccc1)(c1ccccc1)C(F)(F)CO. The first kappa shape index (κ1) is 20.6. The Morgan fingerprint density at radius 3 is 1.61 bits per heavy atom. The highest BCUT2D eigenvalue weighted by Gasteiger charge is 2.66. The molecule has 3 aromatic rings. The fourth-order valence-corrected chi connectivity index (χ4v) is 7.11. The van der Waals surface area contributed by atoms with Crippen LogP contribution in [0.2, 0.25) is 0 Å². The van der Waals surface area contributed by atoms with Crippen LogP contribution in [-0.4, -0.2) is 25.7 Å². The summed E-state index contributed by atoms with van der Waals surface area (Å²) in [5, 5.41) is 4.83. The summed E-state index contributed by atoms with van der Waals surface area (Å²) in [6, 6.07) is 23.2. The minimum atomic E-state index is -6.29. The molecule has 0 aromatic heterocycles. The number of alkyl halides is 2. The number of benzene rings is 3. The van der Waals surface area contributed by atoms with E-state index in [2.05, 4.69) is 0 Å². The average Bonchev–Trinajstić information content (AvgIpc) is 2.74. The van der Waals surface area contributed by atoms with Gasteiger partial charge in [0.1, 0.15) is 6.61 Å². The maximum atomic E-state index is 14.8. The lowest BCUT2D eigenvalue weighted by molar-refractivity contribution is 0.00711. The lowest BCUT2D eigenvalue weighted by atomic mass is 10.4. The van der Waals surface area contributed by atoms with Crippen molar-refractivity contribution < 1.29 is 26.3 Å². The third-order valence-electron chi connectivity index (χ3n) is 3.98. The van der Waals surface area contributed by atoms with Crippen LogP contribution in [0.5, 0.6) is 0 Å². The predicted octanol–water partition coefficient (Wildman–Crippen LogP) is 4.51. The number of hydrogen-bond acceptors (Lipinski definition) is 3. The van der Waals surface area contributed by atoms with Gasteiger partial charge in [-0.2, -0.15) is 8.78 Å². The molecule has 0 radical (unpaired) electrons. The molecule has 0 aliphatic rings. The van der Waals surface area contributed by atoms with Crippen molar-refractivity contribution in [2.75, 3.05) is 6.61 Å². The zero-order valence-corrected chi connectivity index (χ0v) is 16.3. The maximum Gasteiger partial charge on any atom is 0.372 e. The summed E-state index contributed by atoms with van der Waals surface area (Å²) in [7, 11) is -6.29. The van der Waals surface area contributed by atoms with Crippen molar-refractivity contribution in [1.29, 1.82) is 0 Å². The topological polar surface area (TPSA) is 66.8 Å². The van der Waals surface area contributed by atoms with Gasteiger partial charge in [0.15, 0.2) is 9.79 Å². The van der Waals surface area contributed by atoms with Crippen molar-refractivity contribution in [1.82, 2.24) is 0 Å². The molecule has 4 nitrogen and oxygen atoms in total. The molecule has 3 aromatic carbocycles. The van der Waals surface area contributed by atoms with Gasteiger partial charge in [-0.25, -0.2) is 4.21 Å². The normalized spacial score (nSPS) is 13.8. The Morgan fingerprint density at radius 1 is 0.821 bits per heavy atom. The van der Waals surface area contributed by atoms with E-state index in [1.165, 1.54) is 18.2 Å². The summed E-state index contributed by atoms with van der Waals surface area (Å²) in [4.78, 5) is 0.306. The summed E-state index contributed by atoms with van der Waals surface area (Å²) >= 11 is -1.61. The molecular weight excluding hydrogens is 406 g/mol. The second kappa shape index (κ2) is 7.73. The predicted molar refractivity (Wildman–Crippen MR) is 105 cm³/mol. The summed E-state index contributed by atoms with van der Waals surface area (Å²) in [5.74, 6) is 0. The molecule has 0 amide bonds. The van der Waals surface area contributed by atoms with Crippen LogP contribution in [-0.2, 0) is 24.4 Å². The number of rotatable bonds is 7. The zero-order chi connectivity index (χ0) is 20.3. The largest absolute Gasteiger partial charge is 0.389 e. The van der Waals surface area contributed by atoms with Crippen LogP contribution in [0.3, 0.4) is 0 Å². The third kappa shape index (κ3) is 3.61. The van der Waals surface area contributed by atoms with Gasteiger partial charge in [0.2, 0.25) is 20.8 Å². The van der Waals surface area contributed by atoms with Crippen molar-refractivity contribution >= 4 is 20.8 Å². The average molecular weight is 425 g/mol. The molecule has 0 aliphatic heterocycles. The minimum Gasteiger partial charge on any atom is -0.389 e. The summed E-state index contributed by atoms with van der Waals surface area (Å²) in [5.41, 5.74) is 0. The lowest BCUT2D eigenvalue weighted by Crippen LogP contribution is -2.54. The van der Waals surface area contributed by atoms with E-state index in [4.69, 9.17) is 3.63 Å². The molecular formula is C20H19F2O4S2+. The molecule has 28 heavy (non-hydrogen) atoms. The van der Waals surface area contributed by atoms with Gasteiger partial charge in [-0.3, -0.25) is 4.55 Å². The molecule has 0 heterocycles. The van der Waals surface area contributed by atoms with E-state index in [-0.39, 0.29) is 0 Å². The number of aliphatic hydroxyl groups is 1. The molecule has 0 unspecified atom stereocenters. The lowest BCUT2D eigenvalue weighted by Gasteiger charge is -2.38. The fourth-order valence-electron chi connectivity index (χ4n) is 2.46. The molecule has 148 valence electrons. The smallest absolute Gasteiger partial charge is 0.372 e. The van der Waals surface area contributed by atoms with Crippen molar-refractivity contribution in [3.05, 3.63) is 91.0 Å². The minimum absolute atomic E-state index is 0.450. The van der Waals surface area contributed by atoms with Gasteiger partial charge < -0.3 is 5.11 Å². The Morgan fingerprint density at radius 2 is 1.21 bits per heavy atom. The first-order chi connectivity index (χ1) is 13.3. The molecule has 0 spiro atoms. The highest BCUT2D eigenvalue weighted by atomic mass is 32.4. The van der Waals surface area contributed by atoms with Gasteiger partial charge in [-0.15, -0.1) is 0 Å². The monoisotopic (exact) mass is 425 g/mol. The molecule has 2 N–H and O–H groups in total. The molecule has 0 saturated heterocycles. The van der Waals surface area contributed by atoms with Crippen LogP contribution in [0.15, 0.2) is 106 Å². The van der Waals surface area contributed by atoms with Crippen molar-refractivity contribution in [3.8, 4) is 0 Å². The van der Waals surface area contributed by atoms with Crippen molar-refractivity contribution in [3.63, 3.8) is 0 Å². The van der Waals surface area contributed by atoms with Crippen LogP contribution in [0.1, 0.15) is 0 Å². The van der Waals surface area contributed by atoms with Crippen LogP contribution in [0.25, 0.3) is 0 Å². The molecule has 0 fully saturated rings. The van der Waals surface area contributed by atoms with E-state index in [0.29, 0.717) is 9.79 Å². The Hall–Kier alpha value is -2.10. The van der Waals surface area contributed by atoms with Crippen molar-refractivity contribution in [2.24, 2.45) is 0 Å². The van der Waals surface area contributed by atoms with E-state index in [1.54, 1.807) is 60.7 Å². The van der Waals surface area contributed by atoms with Gasteiger partial charge in [-0.1, -0.05) is 58.2 Å². The van der Waals surface area contributed by atoms with Crippen LogP contribution >= 0.6 is 0 Å². The molecule has 8 heteroatoms. The fraction of sp³-hybridized carbons (Fsp3) is 0.100. The Labute approximate surface area is 164 Å². The van der Waals surface area contributed by atoms with Gasteiger partial charge >= 0.3 is 5.25 Å². The molecule has 0 saturated carbocycles. The summed E-state index contributed by atoms with van der Waals surface area (Å²) in [6.45, 7) is -1.84. The first-order valence-corrected chi connectivity index (χ1v) is 11.3. The standard InChI is InChI=1S/C20H18F2O4S2/c21-20(22,16-23)28(24,25,19-14-8-3-9-15-19)26-27(17-10-4-1-5-11-17)18-12-6-2-7-13-18/h1-15,23H,16H2/p+1. The number of aliphatic hydroxyl groups excluding tert-OH is 1. The maximum absolute atomic E-state index is 14.8. The Bertz CT molecular complexity index is 945. The van der Waals surface area contributed by atoms with Crippen LogP contribution in [0, 0.1) is 0 Å². The third-order valence-corrected chi connectivity index (χ3v) is 9.22. The van der Waals surface area contributed by atoms with Gasteiger partial charge in [0, 0.05) is 0 Å². The second-order valence-electron chi connectivity index (χ2n) is 5.91. The van der Waals surface area contributed by atoms with E-state index >= 15 is 0 Å². The van der Waals surface area contributed by atoms with Gasteiger partial charge in [0.25, 0.3) is 0 Å². The molecule has 3 rings (SSSR count). The summed E-state index contributed by atoms with van der Waals surface area (Å²) in [6.07, 6.45) is 0. The quantitative estimate of drug-likeness (QED) is 0.547. The van der Waals surface area contributed by atoms with Gasteiger partial charge in [0.05, 0.1) is 4.90 Å². The highest BCUT2D eigenvalue weighted by molar-refractivity contribution is 8.18. The first-order valence-electron chi connectivity index (χ1n) is 8.28. The summed E-state index contributed by atoms with van der Waals surface area (Å²) < 4.78 is 59.6. The van der Waals surface area contributed by atoms with Crippen LogP contribution < -0.4 is 0 Å². The zero-order valence-electron chi connectivity index (χ0n) is 14.7. The van der Waals surface area contributed by atoms with Gasteiger partial charge in [-0.05, 0) is 36.4 Å². The highest BCUT2D eigenvalue weighted by Crippen LogP contribution is 2.50. The van der Waals surface area contributed by atoms with E-state index in [9.17, 15) is 22.6 Å². The number of hydrogen-bond donors (Lipinski definition) is 2. The second-order valence-corrected chi connectivity index (χ2v) is 10.7. The van der Waals surface area contributed by atoms with Crippen molar-refractivity contribution in [2.45, 2.75) is 19.9 Å². The Balaban J connectivity index is 2.22. The molecule has 0 aliphatic carbocycles. The number of halogens is 2. The van der Waals surface area contributed by atoms with E-state index in [0.717, 1.165) is 12.1 Å². The van der Waals surface area contributed by atoms with E-state index < -0.39 is 37.6 Å². The molecule has 0 atom stereocenters.